The number of aryl methyl sites for hydroxylation is 1. The molecule has 2 heteroatoms. The Morgan fingerprint density at radius 3 is 1.39 bits per heavy atom. The van der Waals surface area contributed by atoms with Gasteiger partial charge in [-0.1, -0.05) is 155 Å². The monoisotopic (exact) mass is 636 g/mol. The van der Waals surface area contributed by atoms with Crippen LogP contribution in [-0.4, -0.2) is 9.55 Å². The van der Waals surface area contributed by atoms with Crippen LogP contribution < -0.4 is 0 Å². The Balaban J connectivity index is 1.38. The summed E-state index contributed by atoms with van der Waals surface area (Å²) in [5.41, 5.74) is 14.5. The van der Waals surface area contributed by atoms with Crippen molar-refractivity contribution in [3.05, 3.63) is 169 Å². The lowest BCUT2D eigenvalue weighted by atomic mass is 9.81. The van der Waals surface area contributed by atoms with Gasteiger partial charge >= 0.3 is 0 Å². The maximum absolute atomic E-state index is 5.22. The van der Waals surface area contributed by atoms with E-state index in [1.54, 1.807) is 0 Å². The van der Waals surface area contributed by atoms with Crippen LogP contribution in [0.4, 0.5) is 0 Å². The smallest absolute Gasteiger partial charge is 0.144 e. The number of imidazole rings is 1. The summed E-state index contributed by atoms with van der Waals surface area (Å²) < 4.78 is 2.47. The molecule has 0 bridgehead atoms. The summed E-state index contributed by atoms with van der Waals surface area (Å²) in [6.45, 7) is 9.23. The second-order valence-corrected chi connectivity index (χ2v) is 13.2. The van der Waals surface area contributed by atoms with Gasteiger partial charge in [-0.05, 0) is 93.6 Å². The van der Waals surface area contributed by atoms with Crippen molar-refractivity contribution in [2.24, 2.45) is 0 Å². The van der Waals surface area contributed by atoms with Gasteiger partial charge in [-0.15, -0.1) is 0 Å². The molecule has 2 nitrogen and oxygen atoms in total. The first kappa shape index (κ1) is 32.1. The molecular weight excluding hydrogens is 593 g/mol. The molecule has 242 valence electrons. The van der Waals surface area contributed by atoms with E-state index in [4.69, 9.17) is 4.98 Å². The molecule has 0 aliphatic carbocycles. The van der Waals surface area contributed by atoms with Gasteiger partial charge < -0.3 is 0 Å². The van der Waals surface area contributed by atoms with E-state index in [2.05, 4.69) is 190 Å². The predicted molar refractivity (Wildman–Crippen MR) is 208 cm³/mol. The van der Waals surface area contributed by atoms with Crippen molar-refractivity contribution in [2.75, 3.05) is 0 Å². The van der Waals surface area contributed by atoms with Crippen molar-refractivity contribution in [2.45, 2.75) is 52.4 Å². The van der Waals surface area contributed by atoms with Crippen LogP contribution in [-0.2, 0) is 11.8 Å². The first-order valence-corrected chi connectivity index (χ1v) is 17.6. The van der Waals surface area contributed by atoms with Crippen molar-refractivity contribution in [1.29, 1.82) is 0 Å². The van der Waals surface area contributed by atoms with E-state index < -0.39 is 0 Å². The lowest BCUT2D eigenvalue weighted by Gasteiger charge is -2.29. The first-order valence-electron chi connectivity index (χ1n) is 17.6. The van der Waals surface area contributed by atoms with Crippen LogP contribution in [0.3, 0.4) is 0 Å². The Morgan fingerprint density at radius 2 is 0.898 bits per heavy atom. The van der Waals surface area contributed by atoms with E-state index in [0.29, 0.717) is 0 Å². The first-order chi connectivity index (χ1) is 24.0. The second-order valence-electron chi connectivity index (χ2n) is 13.2. The quantitative estimate of drug-likeness (QED) is 0.146. The molecule has 0 radical (unpaired) electrons. The lowest BCUT2D eigenvalue weighted by molar-refractivity contribution is 0.420. The zero-order valence-corrected chi connectivity index (χ0v) is 29.0. The summed E-state index contributed by atoms with van der Waals surface area (Å²) in [6, 6.07) is 54.8. The van der Waals surface area contributed by atoms with Gasteiger partial charge in [-0.2, -0.15) is 0 Å². The molecule has 0 saturated carbocycles. The van der Waals surface area contributed by atoms with Gasteiger partial charge in [0.15, 0.2) is 0 Å². The van der Waals surface area contributed by atoms with Crippen molar-refractivity contribution in [3.63, 3.8) is 0 Å². The highest BCUT2D eigenvalue weighted by Gasteiger charge is 2.30. The molecule has 7 rings (SSSR count). The third-order valence-corrected chi connectivity index (χ3v) is 10.4. The third-order valence-electron chi connectivity index (χ3n) is 10.4. The highest BCUT2D eigenvalue weighted by molar-refractivity contribution is 5.78. The summed E-state index contributed by atoms with van der Waals surface area (Å²) in [4.78, 5) is 5.22. The molecule has 1 heterocycles. The fraction of sp³-hybridized carbons (Fsp3) is 0.170. The average molecular weight is 637 g/mol. The van der Waals surface area contributed by atoms with E-state index in [0.717, 1.165) is 30.7 Å². The average Bonchev–Trinajstić information content (AvgIpc) is 3.64. The molecule has 49 heavy (non-hydrogen) atoms. The van der Waals surface area contributed by atoms with Crippen molar-refractivity contribution in [3.8, 4) is 61.6 Å². The number of hydrogen-bond donors (Lipinski definition) is 0. The molecule has 0 unspecified atom stereocenters. The predicted octanol–water partition coefficient (Wildman–Crippen LogP) is 12.8. The van der Waals surface area contributed by atoms with Crippen LogP contribution in [0.2, 0.25) is 0 Å². The lowest BCUT2D eigenvalue weighted by Crippen LogP contribution is -2.24. The molecule has 0 atom stereocenters. The summed E-state index contributed by atoms with van der Waals surface area (Å²) in [5.74, 6) is 0.981. The molecule has 0 fully saturated rings. The Morgan fingerprint density at radius 1 is 0.469 bits per heavy atom. The van der Waals surface area contributed by atoms with Crippen LogP contribution in [0.25, 0.3) is 61.6 Å². The normalized spacial score (nSPS) is 11.5. The van der Waals surface area contributed by atoms with Crippen molar-refractivity contribution in [1.82, 2.24) is 9.55 Å². The summed E-state index contributed by atoms with van der Waals surface area (Å²) >= 11 is 0. The summed E-state index contributed by atoms with van der Waals surface area (Å²) in [6.07, 6.45) is 5.12. The highest BCUT2D eigenvalue weighted by Crippen LogP contribution is 2.39. The fourth-order valence-corrected chi connectivity index (χ4v) is 6.94. The molecular formula is C47H44N2. The molecule has 7 aromatic rings. The number of hydrogen-bond acceptors (Lipinski definition) is 1. The molecule has 0 spiro atoms. The zero-order chi connectivity index (χ0) is 33.8. The minimum atomic E-state index is -0.0267. The summed E-state index contributed by atoms with van der Waals surface area (Å²) in [5, 5.41) is 0. The fourth-order valence-electron chi connectivity index (χ4n) is 6.94. The Hall–Kier alpha value is -5.47. The number of benzene rings is 6. The maximum atomic E-state index is 5.22. The van der Waals surface area contributed by atoms with Gasteiger partial charge in [-0.25, -0.2) is 4.98 Å². The van der Waals surface area contributed by atoms with Crippen LogP contribution >= 0.6 is 0 Å². The zero-order valence-electron chi connectivity index (χ0n) is 29.0. The Labute approximate surface area is 291 Å². The van der Waals surface area contributed by atoms with Gasteiger partial charge in [0.05, 0.1) is 5.69 Å². The van der Waals surface area contributed by atoms with Crippen molar-refractivity contribution < 1.29 is 0 Å². The molecule has 0 saturated heterocycles. The van der Waals surface area contributed by atoms with E-state index in [1.165, 1.54) is 61.5 Å². The highest BCUT2D eigenvalue weighted by atomic mass is 15.1. The van der Waals surface area contributed by atoms with Gasteiger partial charge in [0.25, 0.3) is 0 Å². The second kappa shape index (κ2) is 13.9. The van der Waals surface area contributed by atoms with Crippen LogP contribution in [0.5, 0.6) is 0 Å². The minimum absolute atomic E-state index is 0.0267. The van der Waals surface area contributed by atoms with Gasteiger partial charge in [0.2, 0.25) is 0 Å². The standard InChI is InChI=1S/C47H44N2/c1-5-34-27-28-42(40-24-15-22-38(30-40)36-19-12-9-13-20-36)32-44(34)49-45(47(4,6-2)7-3)33-48-46(49)43-26-16-25-41(31-43)39-23-14-21-37(29-39)35-17-10-8-11-18-35/h8-33H,5-7H2,1-4H3. The summed E-state index contributed by atoms with van der Waals surface area (Å²) in [7, 11) is 0. The largest absolute Gasteiger partial charge is 0.296 e. The van der Waals surface area contributed by atoms with Crippen LogP contribution in [0, 0.1) is 0 Å². The van der Waals surface area contributed by atoms with E-state index in [-0.39, 0.29) is 5.41 Å². The van der Waals surface area contributed by atoms with Crippen molar-refractivity contribution >= 4 is 0 Å². The number of rotatable bonds is 10. The molecule has 0 aliphatic heterocycles. The van der Waals surface area contributed by atoms with Crippen LogP contribution in [0.15, 0.2) is 158 Å². The number of nitrogens with zero attached hydrogens (tertiary/aromatic N) is 2. The van der Waals surface area contributed by atoms with Gasteiger partial charge in [0.1, 0.15) is 5.82 Å². The minimum Gasteiger partial charge on any atom is -0.296 e. The van der Waals surface area contributed by atoms with E-state index in [1.807, 2.05) is 0 Å². The number of aromatic nitrogens is 2. The topological polar surface area (TPSA) is 17.8 Å². The molecule has 1 aromatic heterocycles. The molecule has 0 amide bonds. The van der Waals surface area contributed by atoms with E-state index >= 15 is 0 Å². The van der Waals surface area contributed by atoms with Crippen LogP contribution in [0.1, 0.15) is 51.8 Å². The van der Waals surface area contributed by atoms with Gasteiger partial charge in [-0.3, -0.25) is 4.57 Å². The molecule has 0 N–H and O–H groups in total. The Bertz CT molecular complexity index is 2190. The maximum Gasteiger partial charge on any atom is 0.144 e. The van der Waals surface area contributed by atoms with E-state index in [9.17, 15) is 0 Å². The third kappa shape index (κ3) is 6.39. The Kier molecular flexibility index (Phi) is 9.13. The van der Waals surface area contributed by atoms with Gasteiger partial charge in [0, 0.05) is 22.9 Å². The molecule has 0 aliphatic rings. The SMILES string of the molecule is CCc1ccc(-c2cccc(-c3ccccc3)c2)cc1-n1c(C(C)(CC)CC)cnc1-c1cccc(-c2cccc(-c3ccccc3)c2)c1. The molecule has 6 aromatic carbocycles.